The zero-order valence-corrected chi connectivity index (χ0v) is 14.6. The minimum Gasteiger partial charge on any atom is -0.314 e. The minimum absolute atomic E-state index is 0.518. The molecule has 1 nitrogen and oxygen atoms in total. The van der Waals surface area contributed by atoms with Crippen LogP contribution in [-0.4, -0.2) is 12.6 Å². The summed E-state index contributed by atoms with van der Waals surface area (Å²) in [5, 5.41) is 3.67. The van der Waals surface area contributed by atoms with Crippen molar-refractivity contribution in [3.63, 3.8) is 0 Å². The molecule has 1 aromatic carbocycles. The van der Waals surface area contributed by atoms with Gasteiger partial charge in [0.05, 0.1) is 0 Å². The van der Waals surface area contributed by atoms with E-state index in [-0.39, 0.29) is 0 Å². The van der Waals surface area contributed by atoms with Gasteiger partial charge in [-0.3, -0.25) is 0 Å². The molecule has 1 heteroatoms. The Balaban J connectivity index is 2.03. The normalized spacial score (nSPS) is 25.2. The lowest BCUT2D eigenvalue weighted by molar-refractivity contribution is 0.114. The second kappa shape index (κ2) is 6.96. The van der Waals surface area contributed by atoms with Crippen molar-refractivity contribution in [2.45, 2.75) is 66.3 Å². The highest BCUT2D eigenvalue weighted by Gasteiger charge is 2.34. The van der Waals surface area contributed by atoms with Crippen LogP contribution in [0, 0.1) is 24.2 Å². The van der Waals surface area contributed by atoms with Crippen LogP contribution in [0.2, 0.25) is 0 Å². The number of aryl methyl sites for hydroxylation is 1. The molecule has 21 heavy (non-hydrogen) atoms. The minimum atomic E-state index is 0.518. The summed E-state index contributed by atoms with van der Waals surface area (Å²) in [6.07, 6.45) is 5.37. The van der Waals surface area contributed by atoms with Gasteiger partial charge in [0.2, 0.25) is 0 Å². The first-order valence-electron chi connectivity index (χ1n) is 8.65. The Kier molecular flexibility index (Phi) is 5.48. The molecular formula is C20H33N. The Morgan fingerprint density at radius 2 is 1.81 bits per heavy atom. The third kappa shape index (κ3) is 5.14. The molecule has 0 heterocycles. The van der Waals surface area contributed by atoms with Gasteiger partial charge in [-0.1, -0.05) is 57.5 Å². The zero-order valence-electron chi connectivity index (χ0n) is 14.6. The summed E-state index contributed by atoms with van der Waals surface area (Å²) in [5.41, 5.74) is 3.39. The maximum absolute atomic E-state index is 3.67. The van der Waals surface area contributed by atoms with Gasteiger partial charge in [0.15, 0.2) is 0 Å². The molecule has 0 bridgehead atoms. The summed E-state index contributed by atoms with van der Waals surface area (Å²) in [6, 6.07) is 9.75. The van der Waals surface area contributed by atoms with Gasteiger partial charge < -0.3 is 5.32 Å². The van der Waals surface area contributed by atoms with Crippen LogP contribution in [0.5, 0.6) is 0 Å². The molecule has 1 aliphatic rings. The third-order valence-corrected chi connectivity index (χ3v) is 5.08. The first kappa shape index (κ1) is 16.5. The van der Waals surface area contributed by atoms with E-state index in [0.717, 1.165) is 11.8 Å². The summed E-state index contributed by atoms with van der Waals surface area (Å²) in [5.74, 6) is 1.66. The lowest BCUT2D eigenvalue weighted by Crippen LogP contribution is -2.38. The van der Waals surface area contributed by atoms with Crippen molar-refractivity contribution in [2.24, 2.45) is 17.3 Å². The standard InChI is InChI=1S/C20H33N/c1-15(2)21-14-18-10-11-20(4,5)13-19(18)12-17-8-6-16(3)7-9-17/h6-9,15,18-19,21H,10-14H2,1-5H3. The van der Waals surface area contributed by atoms with Crippen LogP contribution in [0.15, 0.2) is 24.3 Å². The number of nitrogens with one attached hydrogen (secondary N) is 1. The van der Waals surface area contributed by atoms with Gasteiger partial charge in [-0.2, -0.15) is 0 Å². The van der Waals surface area contributed by atoms with Gasteiger partial charge in [-0.25, -0.2) is 0 Å². The largest absolute Gasteiger partial charge is 0.314 e. The van der Waals surface area contributed by atoms with Crippen LogP contribution in [0.3, 0.4) is 0 Å². The summed E-state index contributed by atoms with van der Waals surface area (Å²) in [4.78, 5) is 0. The second-order valence-electron chi connectivity index (χ2n) is 8.18. The fourth-order valence-electron chi connectivity index (χ4n) is 3.71. The molecule has 1 aliphatic carbocycles. The van der Waals surface area contributed by atoms with Crippen molar-refractivity contribution in [3.8, 4) is 0 Å². The summed E-state index contributed by atoms with van der Waals surface area (Å²) in [7, 11) is 0. The van der Waals surface area contributed by atoms with Crippen LogP contribution in [-0.2, 0) is 6.42 Å². The average molecular weight is 287 g/mol. The van der Waals surface area contributed by atoms with E-state index in [9.17, 15) is 0 Å². The van der Waals surface area contributed by atoms with Gasteiger partial charge in [0, 0.05) is 6.04 Å². The average Bonchev–Trinajstić information content (AvgIpc) is 2.39. The molecule has 0 saturated heterocycles. The van der Waals surface area contributed by atoms with Gasteiger partial charge >= 0.3 is 0 Å². The first-order valence-corrected chi connectivity index (χ1v) is 8.65. The monoisotopic (exact) mass is 287 g/mol. The van der Waals surface area contributed by atoms with E-state index in [0.29, 0.717) is 11.5 Å². The van der Waals surface area contributed by atoms with E-state index in [2.05, 4.69) is 64.2 Å². The summed E-state index contributed by atoms with van der Waals surface area (Å²) >= 11 is 0. The molecule has 0 aliphatic heterocycles. The Labute approximate surface area is 131 Å². The van der Waals surface area contributed by atoms with E-state index in [4.69, 9.17) is 0 Å². The summed E-state index contributed by atoms with van der Waals surface area (Å²) in [6.45, 7) is 12.7. The van der Waals surface area contributed by atoms with E-state index in [1.165, 1.54) is 43.4 Å². The topological polar surface area (TPSA) is 12.0 Å². The molecule has 1 N–H and O–H groups in total. The van der Waals surface area contributed by atoms with E-state index in [1.54, 1.807) is 0 Å². The van der Waals surface area contributed by atoms with Gasteiger partial charge in [-0.05, 0) is 62.0 Å². The first-order chi connectivity index (χ1) is 9.85. The van der Waals surface area contributed by atoms with Crippen LogP contribution < -0.4 is 5.32 Å². The molecule has 1 saturated carbocycles. The van der Waals surface area contributed by atoms with Crippen molar-refractivity contribution in [1.29, 1.82) is 0 Å². The Bertz CT molecular complexity index is 428. The Hall–Kier alpha value is -0.820. The van der Waals surface area contributed by atoms with Gasteiger partial charge in [-0.15, -0.1) is 0 Å². The molecule has 118 valence electrons. The number of hydrogen-bond acceptors (Lipinski definition) is 1. The van der Waals surface area contributed by atoms with E-state index in [1.807, 2.05) is 0 Å². The molecule has 0 radical (unpaired) electrons. The SMILES string of the molecule is Cc1ccc(CC2CC(C)(C)CCC2CNC(C)C)cc1. The van der Waals surface area contributed by atoms with Gasteiger partial charge in [0.1, 0.15) is 0 Å². The molecule has 2 unspecified atom stereocenters. The van der Waals surface area contributed by atoms with Crippen molar-refractivity contribution >= 4 is 0 Å². The molecule has 0 aromatic heterocycles. The van der Waals surface area contributed by atoms with Crippen LogP contribution >= 0.6 is 0 Å². The zero-order chi connectivity index (χ0) is 15.5. The highest BCUT2D eigenvalue weighted by molar-refractivity contribution is 5.22. The predicted octanol–water partition coefficient (Wildman–Crippen LogP) is 4.98. The summed E-state index contributed by atoms with van der Waals surface area (Å²) < 4.78 is 0. The van der Waals surface area contributed by atoms with Crippen LogP contribution in [0.1, 0.15) is 58.1 Å². The lowest BCUT2D eigenvalue weighted by Gasteiger charge is -2.41. The highest BCUT2D eigenvalue weighted by Crippen LogP contribution is 2.43. The van der Waals surface area contributed by atoms with Gasteiger partial charge in [0.25, 0.3) is 0 Å². The molecular weight excluding hydrogens is 254 g/mol. The molecule has 0 spiro atoms. The van der Waals surface area contributed by atoms with Crippen LogP contribution in [0.25, 0.3) is 0 Å². The number of hydrogen-bond donors (Lipinski definition) is 1. The third-order valence-electron chi connectivity index (χ3n) is 5.08. The van der Waals surface area contributed by atoms with E-state index < -0.39 is 0 Å². The molecule has 1 fully saturated rings. The van der Waals surface area contributed by atoms with Crippen molar-refractivity contribution in [3.05, 3.63) is 35.4 Å². The highest BCUT2D eigenvalue weighted by atomic mass is 14.9. The van der Waals surface area contributed by atoms with Crippen LogP contribution in [0.4, 0.5) is 0 Å². The molecule has 0 amide bonds. The molecule has 2 rings (SSSR count). The predicted molar refractivity (Wildman–Crippen MR) is 92.6 cm³/mol. The van der Waals surface area contributed by atoms with Crippen molar-refractivity contribution in [1.82, 2.24) is 5.32 Å². The molecule has 1 aromatic rings. The Morgan fingerprint density at radius 3 is 2.43 bits per heavy atom. The van der Waals surface area contributed by atoms with E-state index >= 15 is 0 Å². The second-order valence-corrected chi connectivity index (χ2v) is 8.18. The van der Waals surface area contributed by atoms with Crippen molar-refractivity contribution < 1.29 is 0 Å². The maximum atomic E-state index is 3.67. The maximum Gasteiger partial charge on any atom is 0.00104 e. The fourth-order valence-corrected chi connectivity index (χ4v) is 3.71. The number of rotatable bonds is 5. The van der Waals surface area contributed by atoms with Crippen molar-refractivity contribution in [2.75, 3.05) is 6.54 Å². The Morgan fingerprint density at radius 1 is 1.14 bits per heavy atom. The smallest absolute Gasteiger partial charge is 0.00104 e. The fraction of sp³-hybridized carbons (Fsp3) is 0.700. The quantitative estimate of drug-likeness (QED) is 0.805. The molecule has 2 atom stereocenters. The lowest BCUT2D eigenvalue weighted by atomic mass is 9.65. The number of benzene rings is 1.